The topological polar surface area (TPSA) is 9.23 Å². The Hall–Kier alpha value is -0.300. The van der Waals surface area contributed by atoms with E-state index in [2.05, 4.69) is 12.2 Å². The van der Waals surface area contributed by atoms with E-state index in [1.807, 2.05) is 0 Å². The Morgan fingerprint density at radius 1 is 1.62 bits per heavy atom. The zero-order valence-electron chi connectivity index (χ0n) is 5.26. The Balaban J connectivity index is 2.32. The van der Waals surface area contributed by atoms with Crippen LogP contribution in [0.3, 0.4) is 0 Å². The van der Waals surface area contributed by atoms with Gasteiger partial charge in [0.1, 0.15) is 0 Å². The van der Waals surface area contributed by atoms with Crippen LogP contribution < -0.4 is 0 Å². The van der Waals surface area contributed by atoms with Crippen LogP contribution in [0, 0.1) is 0 Å². The van der Waals surface area contributed by atoms with Crippen molar-refractivity contribution in [1.82, 2.24) is 0 Å². The van der Waals surface area contributed by atoms with E-state index in [0.29, 0.717) is 6.10 Å². The molecule has 0 heterocycles. The zero-order chi connectivity index (χ0) is 5.82. The molecule has 1 aliphatic rings. The summed E-state index contributed by atoms with van der Waals surface area (Å²) >= 11 is 0. The van der Waals surface area contributed by atoms with Gasteiger partial charge in [-0.25, -0.2) is 0 Å². The SMILES string of the molecule is COC1C=CCCC1. The maximum absolute atomic E-state index is 5.10. The highest BCUT2D eigenvalue weighted by atomic mass is 16.5. The number of hydrogen-bond acceptors (Lipinski definition) is 1. The van der Waals surface area contributed by atoms with Crippen LogP contribution in [0.25, 0.3) is 0 Å². The van der Waals surface area contributed by atoms with Gasteiger partial charge in [-0.15, -0.1) is 0 Å². The summed E-state index contributed by atoms with van der Waals surface area (Å²) in [5.41, 5.74) is 0. The first kappa shape index (κ1) is 5.83. The molecule has 1 nitrogen and oxygen atoms in total. The molecule has 0 saturated heterocycles. The Morgan fingerprint density at radius 2 is 2.50 bits per heavy atom. The van der Waals surface area contributed by atoms with Crippen LogP contribution in [0.4, 0.5) is 0 Å². The van der Waals surface area contributed by atoms with Gasteiger partial charge in [-0.05, 0) is 19.3 Å². The molecule has 0 aromatic heterocycles. The van der Waals surface area contributed by atoms with Crippen molar-refractivity contribution in [2.75, 3.05) is 7.11 Å². The molecule has 0 aliphatic heterocycles. The van der Waals surface area contributed by atoms with Crippen LogP contribution in [-0.2, 0) is 4.74 Å². The predicted molar refractivity (Wildman–Crippen MR) is 33.8 cm³/mol. The number of allylic oxidation sites excluding steroid dienone is 1. The minimum Gasteiger partial charge on any atom is -0.377 e. The molecule has 0 radical (unpaired) electrons. The van der Waals surface area contributed by atoms with E-state index in [0.717, 1.165) is 0 Å². The molecular formula is C7H12O. The fourth-order valence-electron chi connectivity index (χ4n) is 0.978. The predicted octanol–water partition coefficient (Wildman–Crippen LogP) is 1.74. The summed E-state index contributed by atoms with van der Waals surface area (Å²) in [7, 11) is 1.76. The Morgan fingerprint density at radius 3 is 2.88 bits per heavy atom. The normalized spacial score (nSPS) is 28.4. The van der Waals surface area contributed by atoms with Crippen molar-refractivity contribution in [1.29, 1.82) is 0 Å². The molecule has 0 spiro atoms. The van der Waals surface area contributed by atoms with Gasteiger partial charge in [0.15, 0.2) is 0 Å². The van der Waals surface area contributed by atoms with E-state index >= 15 is 0 Å². The van der Waals surface area contributed by atoms with Crippen LogP contribution in [0.15, 0.2) is 12.2 Å². The summed E-state index contributed by atoms with van der Waals surface area (Å²) in [5, 5.41) is 0. The van der Waals surface area contributed by atoms with Crippen molar-refractivity contribution >= 4 is 0 Å². The first-order valence-corrected chi connectivity index (χ1v) is 3.13. The molecule has 46 valence electrons. The van der Waals surface area contributed by atoms with Gasteiger partial charge in [-0.3, -0.25) is 0 Å². The summed E-state index contributed by atoms with van der Waals surface area (Å²) in [6, 6.07) is 0. The molecule has 0 amide bonds. The highest BCUT2D eigenvalue weighted by Gasteiger charge is 2.04. The van der Waals surface area contributed by atoms with Gasteiger partial charge in [-0.1, -0.05) is 12.2 Å². The smallest absolute Gasteiger partial charge is 0.0752 e. The lowest BCUT2D eigenvalue weighted by atomic mass is 10.1. The third kappa shape index (κ3) is 1.34. The number of hydrogen-bond donors (Lipinski definition) is 0. The van der Waals surface area contributed by atoms with Crippen molar-refractivity contribution in [3.05, 3.63) is 12.2 Å². The van der Waals surface area contributed by atoms with E-state index < -0.39 is 0 Å². The maximum atomic E-state index is 5.10. The molecule has 0 N–H and O–H groups in total. The van der Waals surface area contributed by atoms with E-state index in [1.54, 1.807) is 7.11 Å². The molecule has 0 fully saturated rings. The van der Waals surface area contributed by atoms with E-state index in [1.165, 1.54) is 19.3 Å². The average molecular weight is 112 g/mol. The van der Waals surface area contributed by atoms with Crippen LogP contribution in [0.5, 0.6) is 0 Å². The maximum Gasteiger partial charge on any atom is 0.0752 e. The van der Waals surface area contributed by atoms with Crippen molar-refractivity contribution in [3.63, 3.8) is 0 Å². The molecular weight excluding hydrogens is 100 g/mol. The molecule has 8 heavy (non-hydrogen) atoms. The number of rotatable bonds is 1. The van der Waals surface area contributed by atoms with Gasteiger partial charge in [0.2, 0.25) is 0 Å². The van der Waals surface area contributed by atoms with Crippen molar-refractivity contribution in [3.8, 4) is 0 Å². The molecule has 1 heteroatoms. The van der Waals surface area contributed by atoms with Crippen molar-refractivity contribution < 1.29 is 4.74 Å². The quantitative estimate of drug-likeness (QED) is 0.469. The third-order valence-electron chi connectivity index (χ3n) is 1.51. The van der Waals surface area contributed by atoms with Crippen LogP contribution in [-0.4, -0.2) is 13.2 Å². The lowest BCUT2D eigenvalue weighted by molar-refractivity contribution is 0.128. The highest BCUT2D eigenvalue weighted by molar-refractivity contribution is 4.93. The zero-order valence-corrected chi connectivity index (χ0v) is 5.26. The first-order valence-electron chi connectivity index (χ1n) is 3.13. The minimum absolute atomic E-state index is 0.406. The third-order valence-corrected chi connectivity index (χ3v) is 1.51. The number of methoxy groups -OCH3 is 1. The van der Waals surface area contributed by atoms with E-state index in [4.69, 9.17) is 4.74 Å². The second-order valence-electron chi connectivity index (χ2n) is 2.13. The van der Waals surface area contributed by atoms with Crippen LogP contribution in [0.2, 0.25) is 0 Å². The first-order chi connectivity index (χ1) is 3.93. The molecule has 1 atom stereocenters. The van der Waals surface area contributed by atoms with Gasteiger partial charge in [0.05, 0.1) is 6.10 Å². The summed E-state index contributed by atoms with van der Waals surface area (Å²) in [6.45, 7) is 0. The monoisotopic (exact) mass is 112 g/mol. The molecule has 1 rings (SSSR count). The average Bonchev–Trinajstić information content (AvgIpc) is 1.90. The molecule has 1 aliphatic carbocycles. The van der Waals surface area contributed by atoms with Gasteiger partial charge in [0.25, 0.3) is 0 Å². The standard InChI is InChI=1S/C7H12O/c1-8-7-5-3-2-4-6-7/h3,5,7H,2,4,6H2,1H3. The summed E-state index contributed by atoms with van der Waals surface area (Å²) in [4.78, 5) is 0. The number of ether oxygens (including phenoxy) is 1. The van der Waals surface area contributed by atoms with Crippen LogP contribution in [0.1, 0.15) is 19.3 Å². The highest BCUT2D eigenvalue weighted by Crippen LogP contribution is 2.11. The van der Waals surface area contributed by atoms with Crippen LogP contribution >= 0.6 is 0 Å². The lowest BCUT2D eigenvalue weighted by Gasteiger charge is -2.13. The van der Waals surface area contributed by atoms with E-state index in [-0.39, 0.29) is 0 Å². The summed E-state index contributed by atoms with van der Waals surface area (Å²) < 4.78 is 5.10. The molecule has 1 unspecified atom stereocenters. The lowest BCUT2D eigenvalue weighted by Crippen LogP contribution is -2.08. The second-order valence-corrected chi connectivity index (χ2v) is 2.13. The molecule has 0 aromatic carbocycles. The van der Waals surface area contributed by atoms with Gasteiger partial charge >= 0.3 is 0 Å². The minimum atomic E-state index is 0.406. The Kier molecular flexibility index (Phi) is 2.10. The largest absolute Gasteiger partial charge is 0.377 e. The van der Waals surface area contributed by atoms with Gasteiger partial charge in [-0.2, -0.15) is 0 Å². The fraction of sp³-hybridized carbons (Fsp3) is 0.714. The van der Waals surface area contributed by atoms with E-state index in [9.17, 15) is 0 Å². The van der Waals surface area contributed by atoms with Crippen molar-refractivity contribution in [2.45, 2.75) is 25.4 Å². The van der Waals surface area contributed by atoms with Gasteiger partial charge < -0.3 is 4.74 Å². The Bertz CT molecular complexity index is 86.4. The second kappa shape index (κ2) is 2.88. The molecule has 0 bridgehead atoms. The van der Waals surface area contributed by atoms with Gasteiger partial charge in [0, 0.05) is 7.11 Å². The fourth-order valence-corrected chi connectivity index (χ4v) is 0.978. The molecule has 0 aromatic rings. The van der Waals surface area contributed by atoms with Crippen molar-refractivity contribution in [2.24, 2.45) is 0 Å². The summed E-state index contributed by atoms with van der Waals surface area (Å²) in [5.74, 6) is 0. The molecule has 0 saturated carbocycles. The summed E-state index contributed by atoms with van der Waals surface area (Å²) in [6.07, 6.45) is 8.46. The Labute approximate surface area is 50.3 Å².